The van der Waals surface area contributed by atoms with E-state index < -0.39 is 10.0 Å². The first-order chi connectivity index (χ1) is 14.0. The molecule has 3 aromatic rings. The van der Waals surface area contributed by atoms with Crippen LogP contribution in [0.1, 0.15) is 12.7 Å². The van der Waals surface area contributed by atoms with Gasteiger partial charge < -0.3 is 14.5 Å². The number of hydrogen-bond acceptors (Lipinski definition) is 5. The van der Waals surface area contributed by atoms with Gasteiger partial charge in [0.1, 0.15) is 11.5 Å². The summed E-state index contributed by atoms with van der Waals surface area (Å²) in [6.45, 7) is 2.41. The first kappa shape index (κ1) is 20.2. The molecule has 0 aliphatic heterocycles. The summed E-state index contributed by atoms with van der Waals surface area (Å²) in [6, 6.07) is 16.0. The van der Waals surface area contributed by atoms with Crippen LogP contribution in [0.4, 0.5) is 11.4 Å². The average molecular weight is 412 g/mol. The highest BCUT2D eigenvalue weighted by Crippen LogP contribution is 2.21. The Morgan fingerprint density at radius 3 is 2.34 bits per heavy atom. The largest absolute Gasteiger partial charge is 0.494 e. The fourth-order valence-corrected chi connectivity index (χ4v) is 3.50. The monoisotopic (exact) mass is 412 g/mol. The third-order valence-electron chi connectivity index (χ3n) is 3.79. The van der Waals surface area contributed by atoms with Crippen LogP contribution in [-0.4, -0.2) is 20.9 Å². The minimum absolute atomic E-state index is 0.0792. The highest BCUT2D eigenvalue weighted by Gasteiger charge is 2.14. The highest BCUT2D eigenvalue weighted by atomic mass is 32.2. The van der Waals surface area contributed by atoms with Gasteiger partial charge in [0.15, 0.2) is 0 Å². The molecule has 150 valence electrons. The minimum atomic E-state index is -3.75. The number of ether oxygens (including phenoxy) is 1. The number of carbonyl (C=O) groups is 1. The lowest BCUT2D eigenvalue weighted by molar-refractivity contribution is -0.111. The van der Waals surface area contributed by atoms with Gasteiger partial charge in [-0.05, 0) is 73.7 Å². The lowest BCUT2D eigenvalue weighted by Gasteiger charge is -2.10. The van der Waals surface area contributed by atoms with E-state index in [1.165, 1.54) is 42.7 Å². The third-order valence-corrected chi connectivity index (χ3v) is 5.19. The van der Waals surface area contributed by atoms with E-state index in [2.05, 4.69) is 10.0 Å². The van der Waals surface area contributed by atoms with Crippen molar-refractivity contribution in [1.82, 2.24) is 0 Å². The molecule has 0 fully saturated rings. The Kier molecular flexibility index (Phi) is 6.36. The lowest BCUT2D eigenvalue weighted by Crippen LogP contribution is -2.13. The molecule has 0 bridgehead atoms. The molecular formula is C21H20N2O5S. The van der Waals surface area contributed by atoms with E-state index in [0.29, 0.717) is 29.5 Å². The van der Waals surface area contributed by atoms with E-state index in [9.17, 15) is 13.2 Å². The molecule has 2 N–H and O–H groups in total. The number of nitrogens with one attached hydrogen (secondary N) is 2. The van der Waals surface area contributed by atoms with Crippen LogP contribution in [0.5, 0.6) is 5.75 Å². The maximum absolute atomic E-state index is 12.5. The van der Waals surface area contributed by atoms with E-state index >= 15 is 0 Å². The van der Waals surface area contributed by atoms with Crippen molar-refractivity contribution in [2.24, 2.45) is 0 Å². The number of benzene rings is 2. The van der Waals surface area contributed by atoms with Crippen LogP contribution in [0.3, 0.4) is 0 Å². The van der Waals surface area contributed by atoms with Crippen molar-refractivity contribution < 1.29 is 22.4 Å². The quantitative estimate of drug-likeness (QED) is 0.542. The molecule has 0 spiro atoms. The summed E-state index contributed by atoms with van der Waals surface area (Å²) in [4.78, 5) is 12.0. The normalized spacial score (nSPS) is 11.3. The van der Waals surface area contributed by atoms with Gasteiger partial charge in [0.2, 0.25) is 5.91 Å². The number of rotatable bonds is 8. The van der Waals surface area contributed by atoms with Gasteiger partial charge in [0, 0.05) is 17.5 Å². The summed E-state index contributed by atoms with van der Waals surface area (Å²) < 4.78 is 38.0. The first-order valence-electron chi connectivity index (χ1n) is 8.84. The number of sulfonamides is 1. The molecule has 29 heavy (non-hydrogen) atoms. The molecule has 3 rings (SSSR count). The maximum atomic E-state index is 12.5. The molecule has 8 heteroatoms. The Bertz CT molecular complexity index is 1070. The molecule has 1 heterocycles. The van der Waals surface area contributed by atoms with Crippen molar-refractivity contribution in [3.05, 3.63) is 78.8 Å². The highest BCUT2D eigenvalue weighted by molar-refractivity contribution is 7.92. The second-order valence-electron chi connectivity index (χ2n) is 5.93. The van der Waals surface area contributed by atoms with Crippen LogP contribution in [0.15, 0.2) is 82.3 Å². The van der Waals surface area contributed by atoms with E-state index in [-0.39, 0.29) is 10.8 Å². The maximum Gasteiger partial charge on any atom is 0.261 e. The van der Waals surface area contributed by atoms with E-state index in [0.717, 1.165) is 0 Å². The van der Waals surface area contributed by atoms with Gasteiger partial charge >= 0.3 is 0 Å². The second kappa shape index (κ2) is 9.11. The summed E-state index contributed by atoms with van der Waals surface area (Å²) in [5.41, 5.74) is 0.896. The molecule has 0 saturated carbocycles. The standard InChI is InChI=1S/C21H20N2O5S/c1-2-27-19-9-5-17(6-10-19)23-29(25,26)20-12-7-16(8-13-20)22-21(24)14-11-18-4-3-15-28-18/h3-15,23H,2H2,1H3,(H,22,24)/b14-11+. The van der Waals surface area contributed by atoms with Gasteiger partial charge in [-0.25, -0.2) is 8.42 Å². The molecule has 0 atom stereocenters. The molecule has 0 aliphatic rings. The Morgan fingerprint density at radius 1 is 1.03 bits per heavy atom. The number of carbonyl (C=O) groups excluding carboxylic acids is 1. The van der Waals surface area contributed by atoms with E-state index in [1.54, 1.807) is 36.4 Å². The minimum Gasteiger partial charge on any atom is -0.494 e. The molecule has 1 amide bonds. The smallest absolute Gasteiger partial charge is 0.261 e. The molecular weight excluding hydrogens is 392 g/mol. The molecule has 2 aromatic carbocycles. The number of hydrogen-bond donors (Lipinski definition) is 2. The number of amides is 1. The molecule has 0 saturated heterocycles. The zero-order valence-corrected chi connectivity index (χ0v) is 16.5. The van der Waals surface area contributed by atoms with Crippen LogP contribution in [0, 0.1) is 0 Å². The Labute approximate surface area is 169 Å². The van der Waals surface area contributed by atoms with Gasteiger partial charge in [0.25, 0.3) is 10.0 Å². The summed E-state index contributed by atoms with van der Waals surface area (Å²) in [6.07, 6.45) is 4.38. The summed E-state index contributed by atoms with van der Waals surface area (Å²) in [7, 11) is -3.75. The molecule has 0 aliphatic carbocycles. The molecule has 0 unspecified atom stereocenters. The van der Waals surface area contributed by atoms with Gasteiger partial charge in [-0.1, -0.05) is 0 Å². The van der Waals surface area contributed by atoms with Gasteiger partial charge in [-0.15, -0.1) is 0 Å². The van der Waals surface area contributed by atoms with Gasteiger partial charge in [-0.3, -0.25) is 9.52 Å². The predicted octanol–water partition coefficient (Wildman–Crippen LogP) is 4.13. The van der Waals surface area contributed by atoms with E-state index in [1.807, 2.05) is 6.92 Å². The third kappa shape index (κ3) is 5.73. The van der Waals surface area contributed by atoms with Crippen molar-refractivity contribution in [3.63, 3.8) is 0 Å². The van der Waals surface area contributed by atoms with Crippen molar-refractivity contribution in [2.45, 2.75) is 11.8 Å². The summed E-state index contributed by atoms with van der Waals surface area (Å²) in [5.74, 6) is 0.864. The van der Waals surface area contributed by atoms with Crippen molar-refractivity contribution in [2.75, 3.05) is 16.6 Å². The van der Waals surface area contributed by atoms with Crippen LogP contribution in [-0.2, 0) is 14.8 Å². The van der Waals surface area contributed by atoms with Crippen LogP contribution in [0.25, 0.3) is 6.08 Å². The fourth-order valence-electron chi connectivity index (χ4n) is 2.45. The summed E-state index contributed by atoms with van der Waals surface area (Å²) in [5, 5.41) is 2.65. The van der Waals surface area contributed by atoms with Gasteiger partial charge in [-0.2, -0.15) is 0 Å². The molecule has 7 nitrogen and oxygen atoms in total. The molecule has 0 radical (unpaired) electrons. The Hall–Kier alpha value is -3.52. The summed E-state index contributed by atoms with van der Waals surface area (Å²) >= 11 is 0. The fraction of sp³-hybridized carbons (Fsp3) is 0.0952. The zero-order chi connectivity index (χ0) is 20.7. The topological polar surface area (TPSA) is 97.6 Å². The van der Waals surface area contributed by atoms with Crippen LogP contribution < -0.4 is 14.8 Å². The van der Waals surface area contributed by atoms with Crippen molar-refractivity contribution in [1.29, 1.82) is 0 Å². The number of anilines is 2. The van der Waals surface area contributed by atoms with Crippen molar-refractivity contribution >= 4 is 33.4 Å². The second-order valence-corrected chi connectivity index (χ2v) is 7.61. The number of furan rings is 1. The molecule has 1 aromatic heterocycles. The van der Waals surface area contributed by atoms with Crippen molar-refractivity contribution in [3.8, 4) is 5.75 Å². The Balaban J connectivity index is 1.62. The predicted molar refractivity (Wildman–Crippen MR) is 111 cm³/mol. The van der Waals surface area contributed by atoms with E-state index in [4.69, 9.17) is 9.15 Å². The van der Waals surface area contributed by atoms with Crippen LogP contribution >= 0.6 is 0 Å². The first-order valence-corrected chi connectivity index (χ1v) is 10.3. The zero-order valence-electron chi connectivity index (χ0n) is 15.7. The van der Waals surface area contributed by atoms with Crippen LogP contribution in [0.2, 0.25) is 0 Å². The van der Waals surface area contributed by atoms with Gasteiger partial charge in [0.05, 0.1) is 17.8 Å². The Morgan fingerprint density at radius 2 is 1.72 bits per heavy atom. The SMILES string of the molecule is CCOc1ccc(NS(=O)(=O)c2ccc(NC(=O)/C=C/c3ccco3)cc2)cc1. The lowest BCUT2D eigenvalue weighted by atomic mass is 10.3. The average Bonchev–Trinajstić information content (AvgIpc) is 3.22.